The highest BCUT2D eigenvalue weighted by atomic mass is 35.5. The number of para-hydroxylation sites is 1. The van der Waals surface area contributed by atoms with E-state index in [1.807, 2.05) is 18.2 Å². The van der Waals surface area contributed by atoms with E-state index >= 15 is 0 Å². The van der Waals surface area contributed by atoms with Gasteiger partial charge in [0.25, 0.3) is 0 Å². The molecule has 1 saturated heterocycles. The van der Waals surface area contributed by atoms with Crippen LogP contribution in [0.2, 0.25) is 10.0 Å². The Balaban J connectivity index is 1.65. The predicted molar refractivity (Wildman–Crippen MR) is 118 cm³/mol. The number of likely N-dealkylation sites (tertiary alicyclic amines) is 1. The highest BCUT2D eigenvalue weighted by molar-refractivity contribution is 7.98. The van der Waals surface area contributed by atoms with Crippen molar-refractivity contribution in [2.75, 3.05) is 13.1 Å². The number of nitrogens with zero attached hydrogens (tertiary/aromatic N) is 2. The molecule has 0 atom stereocenters. The molecular formula is C22H24Cl2N2S. The highest BCUT2D eigenvalue weighted by Crippen LogP contribution is 2.35. The van der Waals surface area contributed by atoms with Crippen LogP contribution < -0.4 is 0 Å². The molecule has 0 spiro atoms. The quantitative estimate of drug-likeness (QED) is 0.422. The smallest absolute Gasteiger partial charge is 0.0556 e. The van der Waals surface area contributed by atoms with Crippen LogP contribution in [0.25, 0.3) is 10.9 Å². The van der Waals surface area contributed by atoms with Crippen molar-refractivity contribution in [3.63, 3.8) is 0 Å². The molecule has 2 aromatic carbocycles. The fourth-order valence-corrected chi connectivity index (χ4v) is 5.56. The Hall–Kier alpha value is -1.13. The Bertz CT molecular complexity index is 945. The standard InChI is InChI=1S/C22H24Cl2N2S/c1-25-20-8-4-3-7-17(20)18(14-26-11-5-2-6-12-26)21(25)15-27-22-10-9-16(23)13-19(22)24/h3-4,7-10,13H,2,5-6,11-12,14-15H2,1H3. The van der Waals surface area contributed by atoms with Crippen LogP contribution in [0.3, 0.4) is 0 Å². The normalized spacial score (nSPS) is 15.5. The number of rotatable bonds is 5. The fraction of sp³-hybridized carbons (Fsp3) is 0.364. The predicted octanol–water partition coefficient (Wildman–Crippen LogP) is 6.76. The fourth-order valence-electron chi connectivity index (χ4n) is 3.96. The van der Waals surface area contributed by atoms with E-state index in [1.54, 1.807) is 11.8 Å². The first-order valence-corrected chi connectivity index (χ1v) is 11.2. The summed E-state index contributed by atoms with van der Waals surface area (Å²) in [5, 5.41) is 2.78. The maximum Gasteiger partial charge on any atom is 0.0556 e. The SMILES string of the molecule is Cn1c(CSc2ccc(Cl)cc2Cl)c(CN2CCCCC2)c2ccccc21. The molecule has 0 amide bonds. The van der Waals surface area contributed by atoms with Gasteiger partial charge < -0.3 is 4.57 Å². The summed E-state index contributed by atoms with van der Waals surface area (Å²) >= 11 is 14.2. The minimum Gasteiger partial charge on any atom is -0.347 e. The molecule has 0 N–H and O–H groups in total. The van der Waals surface area contributed by atoms with Gasteiger partial charge in [-0.25, -0.2) is 0 Å². The van der Waals surface area contributed by atoms with E-state index in [9.17, 15) is 0 Å². The average molecular weight is 419 g/mol. The van der Waals surface area contributed by atoms with Crippen LogP contribution >= 0.6 is 35.0 Å². The van der Waals surface area contributed by atoms with Crippen molar-refractivity contribution < 1.29 is 0 Å². The number of aromatic nitrogens is 1. The van der Waals surface area contributed by atoms with E-state index < -0.39 is 0 Å². The number of benzene rings is 2. The van der Waals surface area contributed by atoms with Gasteiger partial charge >= 0.3 is 0 Å². The zero-order valence-electron chi connectivity index (χ0n) is 15.5. The van der Waals surface area contributed by atoms with E-state index in [0.29, 0.717) is 5.02 Å². The van der Waals surface area contributed by atoms with Crippen molar-refractivity contribution in [3.05, 3.63) is 63.8 Å². The van der Waals surface area contributed by atoms with E-state index in [-0.39, 0.29) is 0 Å². The molecule has 27 heavy (non-hydrogen) atoms. The Kier molecular flexibility index (Phi) is 6.03. The Morgan fingerprint density at radius 3 is 2.56 bits per heavy atom. The molecule has 0 radical (unpaired) electrons. The van der Waals surface area contributed by atoms with Crippen LogP contribution in [-0.2, 0) is 19.3 Å². The van der Waals surface area contributed by atoms with Crippen LogP contribution in [0.5, 0.6) is 0 Å². The van der Waals surface area contributed by atoms with Crippen molar-refractivity contribution in [2.24, 2.45) is 7.05 Å². The van der Waals surface area contributed by atoms with Crippen LogP contribution in [-0.4, -0.2) is 22.6 Å². The second-order valence-corrected chi connectivity index (χ2v) is 9.06. The average Bonchev–Trinajstić information content (AvgIpc) is 2.94. The van der Waals surface area contributed by atoms with Gasteiger partial charge in [0.1, 0.15) is 0 Å². The zero-order valence-corrected chi connectivity index (χ0v) is 17.9. The maximum absolute atomic E-state index is 6.39. The van der Waals surface area contributed by atoms with Crippen LogP contribution in [0, 0.1) is 0 Å². The van der Waals surface area contributed by atoms with Crippen molar-refractivity contribution in [1.82, 2.24) is 9.47 Å². The largest absolute Gasteiger partial charge is 0.347 e. The van der Waals surface area contributed by atoms with Crippen molar-refractivity contribution >= 4 is 45.9 Å². The Labute approximate surface area is 175 Å². The maximum atomic E-state index is 6.39. The Morgan fingerprint density at radius 2 is 1.78 bits per heavy atom. The summed E-state index contributed by atoms with van der Waals surface area (Å²) in [6.45, 7) is 3.45. The molecule has 2 nitrogen and oxygen atoms in total. The molecule has 4 rings (SSSR count). The molecule has 0 bridgehead atoms. The van der Waals surface area contributed by atoms with E-state index in [2.05, 4.69) is 40.8 Å². The molecule has 1 aliphatic rings. The third-order valence-corrected chi connectivity index (χ3v) is 7.18. The van der Waals surface area contributed by atoms with E-state index in [4.69, 9.17) is 23.2 Å². The lowest BCUT2D eigenvalue weighted by atomic mass is 10.1. The van der Waals surface area contributed by atoms with Crippen molar-refractivity contribution in [1.29, 1.82) is 0 Å². The molecule has 0 aliphatic carbocycles. The summed E-state index contributed by atoms with van der Waals surface area (Å²) in [6.07, 6.45) is 3.99. The lowest BCUT2D eigenvalue weighted by molar-refractivity contribution is 0.221. The van der Waals surface area contributed by atoms with Gasteiger partial charge in [-0.1, -0.05) is 47.8 Å². The van der Waals surface area contributed by atoms with Crippen LogP contribution in [0.1, 0.15) is 30.5 Å². The number of hydrogen-bond donors (Lipinski definition) is 0. The number of hydrogen-bond acceptors (Lipinski definition) is 2. The molecule has 1 aromatic heterocycles. The molecule has 1 aliphatic heterocycles. The number of thioether (sulfide) groups is 1. The lowest BCUT2D eigenvalue weighted by Gasteiger charge is -2.26. The first-order chi connectivity index (χ1) is 13.1. The van der Waals surface area contributed by atoms with Gasteiger partial charge in [-0.2, -0.15) is 0 Å². The zero-order chi connectivity index (χ0) is 18.8. The van der Waals surface area contributed by atoms with Gasteiger partial charge in [0.05, 0.1) is 5.02 Å². The lowest BCUT2D eigenvalue weighted by Crippen LogP contribution is -2.29. The minimum atomic E-state index is 0.680. The molecule has 142 valence electrons. The molecule has 0 unspecified atom stereocenters. The number of piperidine rings is 1. The van der Waals surface area contributed by atoms with Crippen LogP contribution in [0.15, 0.2) is 47.4 Å². The van der Waals surface area contributed by atoms with Crippen molar-refractivity contribution in [2.45, 2.75) is 36.5 Å². The summed E-state index contributed by atoms with van der Waals surface area (Å²) in [5.74, 6) is 0.899. The van der Waals surface area contributed by atoms with E-state index in [0.717, 1.165) is 22.2 Å². The summed E-state index contributed by atoms with van der Waals surface area (Å²) in [6, 6.07) is 14.5. The number of aryl methyl sites for hydroxylation is 1. The van der Waals surface area contributed by atoms with E-state index in [1.165, 1.54) is 54.5 Å². The molecule has 2 heterocycles. The first-order valence-electron chi connectivity index (χ1n) is 9.49. The Morgan fingerprint density at radius 1 is 1.00 bits per heavy atom. The summed E-state index contributed by atoms with van der Waals surface area (Å²) in [4.78, 5) is 3.68. The monoisotopic (exact) mass is 418 g/mol. The third kappa shape index (κ3) is 4.17. The minimum absolute atomic E-state index is 0.680. The number of halogens is 2. The number of fused-ring (bicyclic) bond motifs is 1. The van der Waals surface area contributed by atoms with Gasteiger partial charge in [0, 0.05) is 45.9 Å². The molecule has 5 heteroatoms. The summed E-state index contributed by atoms with van der Waals surface area (Å²) < 4.78 is 2.35. The van der Waals surface area contributed by atoms with Gasteiger partial charge in [-0.05, 0) is 55.8 Å². The van der Waals surface area contributed by atoms with Gasteiger partial charge in [0.2, 0.25) is 0 Å². The second kappa shape index (κ2) is 8.48. The second-order valence-electron chi connectivity index (χ2n) is 7.20. The van der Waals surface area contributed by atoms with Gasteiger partial charge in [0.15, 0.2) is 0 Å². The van der Waals surface area contributed by atoms with Gasteiger partial charge in [-0.15, -0.1) is 11.8 Å². The molecule has 1 fully saturated rings. The van der Waals surface area contributed by atoms with Crippen molar-refractivity contribution in [3.8, 4) is 0 Å². The molecular weight excluding hydrogens is 395 g/mol. The summed E-state index contributed by atoms with van der Waals surface area (Å²) in [5.41, 5.74) is 4.16. The molecule has 3 aromatic rings. The molecule has 0 saturated carbocycles. The van der Waals surface area contributed by atoms with Crippen LogP contribution in [0.4, 0.5) is 0 Å². The summed E-state index contributed by atoms with van der Waals surface area (Å²) in [7, 11) is 2.18. The first kappa shape index (κ1) is 19.2. The van der Waals surface area contributed by atoms with Gasteiger partial charge in [-0.3, -0.25) is 4.90 Å². The topological polar surface area (TPSA) is 8.17 Å². The third-order valence-electron chi connectivity index (χ3n) is 5.43. The highest BCUT2D eigenvalue weighted by Gasteiger charge is 2.19.